The molecule has 0 radical (unpaired) electrons. The van der Waals surface area contributed by atoms with Crippen molar-refractivity contribution in [3.8, 4) is 0 Å². The SMILES string of the molecule is CC/C=C\C/C=C\CCCCCCCCCCCCCCC(O)CC(=O)NC(CO)C(O)/C=C/CC/C=C/CC/C=C/CCCCCCCCCCC. The lowest BCUT2D eigenvalue weighted by Gasteiger charge is -2.21. The first-order chi connectivity index (χ1) is 26.0. The summed E-state index contributed by atoms with van der Waals surface area (Å²) in [6.07, 6.45) is 56.5. The molecule has 0 aromatic carbocycles. The van der Waals surface area contributed by atoms with Crippen molar-refractivity contribution in [2.75, 3.05) is 6.61 Å². The fraction of sp³-hybridized carbons (Fsp3) is 0.771. The van der Waals surface area contributed by atoms with Gasteiger partial charge in [-0.1, -0.05) is 197 Å². The predicted octanol–water partition coefficient (Wildman–Crippen LogP) is 13.1. The first-order valence-electron chi connectivity index (χ1n) is 22.6. The summed E-state index contributed by atoms with van der Waals surface area (Å²) in [4.78, 5) is 12.4. The van der Waals surface area contributed by atoms with E-state index in [4.69, 9.17) is 0 Å². The van der Waals surface area contributed by atoms with Gasteiger partial charge in [-0.05, 0) is 70.6 Å². The molecular formula is C48H87NO4. The van der Waals surface area contributed by atoms with E-state index in [1.807, 2.05) is 6.08 Å². The molecule has 0 aliphatic rings. The fourth-order valence-electron chi connectivity index (χ4n) is 6.59. The third kappa shape index (κ3) is 39.6. The van der Waals surface area contributed by atoms with E-state index in [9.17, 15) is 20.1 Å². The van der Waals surface area contributed by atoms with E-state index in [-0.39, 0.29) is 18.9 Å². The molecule has 0 aliphatic heterocycles. The minimum absolute atomic E-state index is 0.000479. The van der Waals surface area contributed by atoms with Crippen LogP contribution < -0.4 is 5.32 Å². The molecule has 0 bridgehead atoms. The van der Waals surface area contributed by atoms with Crippen molar-refractivity contribution < 1.29 is 20.1 Å². The van der Waals surface area contributed by atoms with Gasteiger partial charge in [-0.25, -0.2) is 0 Å². The molecule has 5 nitrogen and oxygen atoms in total. The van der Waals surface area contributed by atoms with Crippen LogP contribution in [0.1, 0.15) is 213 Å². The Labute approximate surface area is 329 Å². The Morgan fingerprint density at radius 1 is 0.509 bits per heavy atom. The van der Waals surface area contributed by atoms with E-state index in [0.29, 0.717) is 6.42 Å². The molecule has 1 amide bonds. The highest BCUT2D eigenvalue weighted by Gasteiger charge is 2.20. The Bertz CT molecular complexity index is 907. The number of amides is 1. The van der Waals surface area contributed by atoms with E-state index in [1.54, 1.807) is 6.08 Å². The summed E-state index contributed by atoms with van der Waals surface area (Å²) < 4.78 is 0. The summed E-state index contributed by atoms with van der Waals surface area (Å²) in [5, 5.41) is 33.2. The zero-order valence-electron chi connectivity index (χ0n) is 34.9. The number of allylic oxidation sites excluding steroid dienone is 9. The van der Waals surface area contributed by atoms with Crippen LogP contribution in [-0.4, -0.2) is 46.1 Å². The van der Waals surface area contributed by atoms with Gasteiger partial charge in [0.05, 0.1) is 31.3 Å². The monoisotopic (exact) mass is 742 g/mol. The maximum atomic E-state index is 12.4. The van der Waals surface area contributed by atoms with E-state index in [1.165, 1.54) is 135 Å². The van der Waals surface area contributed by atoms with Crippen LogP contribution in [0.3, 0.4) is 0 Å². The van der Waals surface area contributed by atoms with Crippen LogP contribution in [0.4, 0.5) is 0 Å². The van der Waals surface area contributed by atoms with Crippen LogP contribution in [0.5, 0.6) is 0 Å². The third-order valence-electron chi connectivity index (χ3n) is 10.0. The van der Waals surface area contributed by atoms with Crippen LogP contribution in [0, 0.1) is 0 Å². The Kier molecular flexibility index (Phi) is 41.2. The molecule has 3 atom stereocenters. The van der Waals surface area contributed by atoms with Crippen molar-refractivity contribution in [3.05, 3.63) is 60.8 Å². The number of carbonyl (C=O) groups is 1. The Hall–Kier alpha value is -1.95. The quantitative estimate of drug-likeness (QED) is 0.0372. The molecule has 0 saturated heterocycles. The number of aliphatic hydroxyl groups is 3. The highest BCUT2D eigenvalue weighted by atomic mass is 16.3. The molecule has 0 aliphatic carbocycles. The molecule has 53 heavy (non-hydrogen) atoms. The van der Waals surface area contributed by atoms with Crippen LogP contribution in [0.25, 0.3) is 0 Å². The van der Waals surface area contributed by atoms with E-state index >= 15 is 0 Å². The molecule has 0 saturated carbocycles. The van der Waals surface area contributed by atoms with Crippen molar-refractivity contribution in [3.63, 3.8) is 0 Å². The van der Waals surface area contributed by atoms with Gasteiger partial charge in [0.1, 0.15) is 0 Å². The normalized spacial score (nSPS) is 14.1. The molecule has 0 aromatic rings. The molecule has 0 aromatic heterocycles. The van der Waals surface area contributed by atoms with Crippen LogP contribution in [0.15, 0.2) is 60.8 Å². The second-order valence-corrected chi connectivity index (χ2v) is 15.3. The molecule has 0 spiro atoms. The Balaban J connectivity index is 3.73. The first-order valence-corrected chi connectivity index (χ1v) is 22.6. The van der Waals surface area contributed by atoms with Crippen molar-refractivity contribution in [1.29, 1.82) is 0 Å². The summed E-state index contributed by atoms with van der Waals surface area (Å²) in [6, 6.07) is -0.769. The molecule has 0 rings (SSSR count). The highest BCUT2D eigenvalue weighted by Crippen LogP contribution is 2.15. The number of aliphatic hydroxyl groups excluding tert-OH is 3. The summed E-state index contributed by atoms with van der Waals surface area (Å²) in [6.45, 7) is 4.09. The van der Waals surface area contributed by atoms with Gasteiger partial charge in [0.25, 0.3) is 0 Å². The molecule has 308 valence electrons. The van der Waals surface area contributed by atoms with E-state index < -0.39 is 18.2 Å². The van der Waals surface area contributed by atoms with Gasteiger partial charge in [-0.3, -0.25) is 4.79 Å². The standard InChI is InChI=1S/C48H87NO4/c1-3-5-7-9-11-13-15-17-19-21-23-25-27-29-31-33-35-37-39-41-45(51)43-48(53)49-46(44-50)47(52)42-40-38-36-34-32-30-28-26-24-22-20-18-16-14-12-10-8-6-4-2/h5,7,11,13,24,26,32,34,40,42,45-47,50-52H,3-4,6,8-10,12,14-23,25,27-31,33,35-39,41,43-44H2,1-2H3,(H,49,53)/b7-5-,13-11-,26-24+,34-32+,42-40+. The molecule has 5 heteroatoms. The van der Waals surface area contributed by atoms with E-state index in [0.717, 1.165) is 51.4 Å². The first kappa shape index (κ1) is 51.0. The average Bonchev–Trinajstić information content (AvgIpc) is 3.15. The molecule has 3 unspecified atom stereocenters. The zero-order chi connectivity index (χ0) is 38.7. The minimum atomic E-state index is -0.962. The number of hydrogen-bond acceptors (Lipinski definition) is 4. The Morgan fingerprint density at radius 2 is 0.925 bits per heavy atom. The number of carbonyl (C=O) groups excluding carboxylic acids is 1. The number of unbranched alkanes of at least 4 members (excludes halogenated alkanes) is 23. The minimum Gasteiger partial charge on any atom is -0.394 e. The van der Waals surface area contributed by atoms with Crippen molar-refractivity contribution in [2.24, 2.45) is 0 Å². The lowest BCUT2D eigenvalue weighted by atomic mass is 10.0. The van der Waals surface area contributed by atoms with Gasteiger partial charge in [0, 0.05) is 0 Å². The molecule has 4 N–H and O–H groups in total. The Morgan fingerprint density at radius 3 is 1.42 bits per heavy atom. The second-order valence-electron chi connectivity index (χ2n) is 15.3. The van der Waals surface area contributed by atoms with Crippen molar-refractivity contribution in [2.45, 2.75) is 231 Å². The van der Waals surface area contributed by atoms with Crippen molar-refractivity contribution in [1.82, 2.24) is 5.32 Å². The van der Waals surface area contributed by atoms with Crippen LogP contribution in [0.2, 0.25) is 0 Å². The van der Waals surface area contributed by atoms with E-state index in [2.05, 4.69) is 67.8 Å². The largest absolute Gasteiger partial charge is 0.394 e. The van der Waals surface area contributed by atoms with Crippen molar-refractivity contribution >= 4 is 5.91 Å². The van der Waals surface area contributed by atoms with Crippen LogP contribution in [-0.2, 0) is 4.79 Å². The maximum Gasteiger partial charge on any atom is 0.222 e. The molecular weight excluding hydrogens is 655 g/mol. The topological polar surface area (TPSA) is 89.8 Å². The van der Waals surface area contributed by atoms with Gasteiger partial charge in [0.15, 0.2) is 0 Å². The maximum absolute atomic E-state index is 12.4. The summed E-state index contributed by atoms with van der Waals surface area (Å²) >= 11 is 0. The van der Waals surface area contributed by atoms with Gasteiger partial charge < -0.3 is 20.6 Å². The second kappa shape index (κ2) is 42.8. The van der Waals surface area contributed by atoms with Gasteiger partial charge >= 0.3 is 0 Å². The number of nitrogens with one attached hydrogen (secondary N) is 1. The van der Waals surface area contributed by atoms with Gasteiger partial charge in [-0.2, -0.15) is 0 Å². The smallest absolute Gasteiger partial charge is 0.222 e. The third-order valence-corrected chi connectivity index (χ3v) is 10.0. The van der Waals surface area contributed by atoms with Gasteiger partial charge in [0.2, 0.25) is 5.91 Å². The van der Waals surface area contributed by atoms with Crippen LogP contribution >= 0.6 is 0 Å². The number of rotatable bonds is 40. The summed E-state index contributed by atoms with van der Waals surface area (Å²) in [5.74, 6) is -0.332. The summed E-state index contributed by atoms with van der Waals surface area (Å²) in [5.41, 5.74) is 0. The molecule has 0 heterocycles. The van der Waals surface area contributed by atoms with Gasteiger partial charge in [-0.15, -0.1) is 0 Å². The fourth-order valence-corrected chi connectivity index (χ4v) is 6.59. The molecule has 0 fully saturated rings. The summed E-state index contributed by atoms with van der Waals surface area (Å²) in [7, 11) is 0. The average molecular weight is 742 g/mol. The lowest BCUT2D eigenvalue weighted by molar-refractivity contribution is -0.124. The number of hydrogen-bond donors (Lipinski definition) is 4. The zero-order valence-corrected chi connectivity index (χ0v) is 34.9. The lowest BCUT2D eigenvalue weighted by Crippen LogP contribution is -2.45. The highest BCUT2D eigenvalue weighted by molar-refractivity contribution is 5.76. The predicted molar refractivity (Wildman–Crippen MR) is 231 cm³/mol.